The van der Waals surface area contributed by atoms with Gasteiger partial charge in [-0.25, -0.2) is 4.98 Å². The molecule has 1 aromatic carbocycles. The van der Waals surface area contributed by atoms with Gasteiger partial charge in [-0.2, -0.15) is 5.26 Å². The van der Waals surface area contributed by atoms with E-state index in [4.69, 9.17) is 16.9 Å². The zero-order valence-electron chi connectivity index (χ0n) is 9.50. The van der Waals surface area contributed by atoms with Crippen LogP contribution in [0, 0.1) is 21.4 Å². The summed E-state index contributed by atoms with van der Waals surface area (Å²) in [6, 6.07) is 9.34. The van der Waals surface area contributed by atoms with Crippen LogP contribution in [0.4, 0.5) is 17.1 Å². The van der Waals surface area contributed by atoms with E-state index in [1.165, 1.54) is 24.4 Å². The molecule has 19 heavy (non-hydrogen) atoms. The van der Waals surface area contributed by atoms with Crippen LogP contribution >= 0.6 is 11.6 Å². The van der Waals surface area contributed by atoms with Gasteiger partial charge in [-0.3, -0.25) is 10.1 Å². The summed E-state index contributed by atoms with van der Waals surface area (Å²) < 4.78 is 0. The molecule has 1 heterocycles. The Morgan fingerprint density at radius 3 is 2.63 bits per heavy atom. The van der Waals surface area contributed by atoms with Crippen molar-refractivity contribution < 1.29 is 4.92 Å². The number of halogens is 1. The molecule has 0 unspecified atom stereocenters. The topological polar surface area (TPSA) is 91.8 Å². The molecule has 1 N–H and O–H groups in total. The fourth-order valence-corrected chi connectivity index (χ4v) is 1.60. The summed E-state index contributed by atoms with van der Waals surface area (Å²) in [6.07, 6.45) is 1.36. The Labute approximate surface area is 113 Å². The minimum Gasteiger partial charge on any atom is -0.354 e. The number of non-ortho nitro benzene ring substituents is 1. The first-order valence-corrected chi connectivity index (χ1v) is 5.55. The highest BCUT2D eigenvalue weighted by Crippen LogP contribution is 2.24. The summed E-state index contributed by atoms with van der Waals surface area (Å²) >= 11 is 5.76. The second-order valence-electron chi connectivity index (χ2n) is 3.59. The number of benzene rings is 1. The molecule has 7 heteroatoms. The van der Waals surface area contributed by atoms with Crippen molar-refractivity contribution >= 4 is 28.7 Å². The SMILES string of the molecule is N#Cc1cnc(Cl)cc1Nc1ccc([N+](=O)[O-])cc1. The Balaban J connectivity index is 2.28. The molecule has 0 fully saturated rings. The number of aromatic nitrogens is 1. The number of anilines is 2. The molecule has 94 valence electrons. The molecule has 1 aromatic heterocycles. The van der Waals surface area contributed by atoms with E-state index < -0.39 is 4.92 Å². The molecule has 0 aliphatic carbocycles. The summed E-state index contributed by atoms with van der Waals surface area (Å²) in [6.45, 7) is 0. The van der Waals surface area contributed by atoms with Gasteiger partial charge < -0.3 is 5.32 Å². The summed E-state index contributed by atoms with van der Waals surface area (Å²) in [4.78, 5) is 13.9. The minimum atomic E-state index is -0.478. The van der Waals surface area contributed by atoms with Crippen LogP contribution in [0.15, 0.2) is 36.5 Å². The van der Waals surface area contributed by atoms with Crippen LogP contribution in [0.1, 0.15) is 5.56 Å². The fraction of sp³-hybridized carbons (Fsp3) is 0. The molecule has 0 atom stereocenters. The first-order valence-electron chi connectivity index (χ1n) is 5.17. The average molecular weight is 275 g/mol. The van der Waals surface area contributed by atoms with E-state index in [1.807, 2.05) is 6.07 Å². The van der Waals surface area contributed by atoms with E-state index in [1.54, 1.807) is 12.1 Å². The number of pyridine rings is 1. The third kappa shape index (κ3) is 2.97. The van der Waals surface area contributed by atoms with E-state index in [2.05, 4.69) is 10.3 Å². The van der Waals surface area contributed by atoms with Crippen LogP contribution in [0.5, 0.6) is 0 Å². The monoisotopic (exact) mass is 274 g/mol. The van der Waals surface area contributed by atoms with Gasteiger partial charge in [-0.15, -0.1) is 0 Å². The normalized spacial score (nSPS) is 9.68. The highest BCUT2D eigenvalue weighted by atomic mass is 35.5. The van der Waals surface area contributed by atoms with Crippen LogP contribution in [-0.2, 0) is 0 Å². The van der Waals surface area contributed by atoms with Gasteiger partial charge in [0.1, 0.15) is 11.2 Å². The van der Waals surface area contributed by atoms with Crippen LogP contribution in [0.3, 0.4) is 0 Å². The van der Waals surface area contributed by atoms with E-state index in [-0.39, 0.29) is 10.8 Å². The second kappa shape index (κ2) is 5.33. The van der Waals surface area contributed by atoms with Gasteiger partial charge in [-0.05, 0) is 12.1 Å². The Kier molecular flexibility index (Phi) is 3.59. The summed E-state index contributed by atoms with van der Waals surface area (Å²) in [7, 11) is 0. The van der Waals surface area contributed by atoms with Crippen LogP contribution in [0.25, 0.3) is 0 Å². The Bertz CT molecular complexity index is 664. The molecule has 0 spiro atoms. The number of nitro groups is 1. The molecular weight excluding hydrogens is 268 g/mol. The first kappa shape index (κ1) is 12.8. The lowest BCUT2D eigenvalue weighted by Crippen LogP contribution is -1.95. The summed E-state index contributed by atoms with van der Waals surface area (Å²) in [5.41, 5.74) is 1.45. The molecule has 0 amide bonds. The van der Waals surface area contributed by atoms with Gasteiger partial charge in [0.05, 0.1) is 16.2 Å². The number of hydrogen-bond acceptors (Lipinski definition) is 5. The standard InChI is InChI=1S/C12H7ClN4O2/c13-12-5-11(8(6-14)7-15-12)16-9-1-3-10(4-2-9)17(18)19/h1-5,7H,(H,15,16). The maximum atomic E-state index is 10.5. The van der Waals surface area contributed by atoms with Crippen molar-refractivity contribution in [3.8, 4) is 6.07 Å². The molecule has 0 saturated heterocycles. The van der Waals surface area contributed by atoms with E-state index in [0.29, 0.717) is 16.9 Å². The fourth-order valence-electron chi connectivity index (χ4n) is 1.44. The Hall–Kier alpha value is -2.65. The number of hydrogen-bond donors (Lipinski definition) is 1. The molecule has 2 rings (SSSR count). The lowest BCUT2D eigenvalue weighted by molar-refractivity contribution is -0.384. The first-order chi connectivity index (χ1) is 9.10. The molecule has 0 saturated carbocycles. The predicted molar refractivity (Wildman–Crippen MR) is 70.3 cm³/mol. The molecule has 0 aliphatic heterocycles. The third-order valence-electron chi connectivity index (χ3n) is 2.35. The minimum absolute atomic E-state index is 0.00109. The van der Waals surface area contributed by atoms with Gasteiger partial charge in [0.2, 0.25) is 0 Å². The molecular formula is C12H7ClN4O2. The van der Waals surface area contributed by atoms with Gasteiger partial charge in [-0.1, -0.05) is 11.6 Å². The Morgan fingerprint density at radius 1 is 1.37 bits per heavy atom. The lowest BCUT2D eigenvalue weighted by atomic mass is 10.2. The van der Waals surface area contributed by atoms with Crippen molar-refractivity contribution in [2.24, 2.45) is 0 Å². The largest absolute Gasteiger partial charge is 0.354 e. The van der Waals surface area contributed by atoms with Crippen molar-refractivity contribution in [1.82, 2.24) is 4.98 Å². The zero-order valence-corrected chi connectivity index (χ0v) is 10.3. The van der Waals surface area contributed by atoms with Crippen LogP contribution in [-0.4, -0.2) is 9.91 Å². The number of rotatable bonds is 3. The zero-order chi connectivity index (χ0) is 13.8. The van der Waals surface area contributed by atoms with Crippen molar-refractivity contribution in [1.29, 1.82) is 5.26 Å². The molecule has 6 nitrogen and oxygen atoms in total. The van der Waals surface area contributed by atoms with Gasteiger partial charge >= 0.3 is 0 Å². The smallest absolute Gasteiger partial charge is 0.269 e. The summed E-state index contributed by atoms with van der Waals surface area (Å²) in [5.74, 6) is 0. The van der Waals surface area contributed by atoms with E-state index in [0.717, 1.165) is 0 Å². The highest BCUT2D eigenvalue weighted by molar-refractivity contribution is 6.29. The van der Waals surface area contributed by atoms with E-state index >= 15 is 0 Å². The number of nitrogens with zero attached hydrogens (tertiary/aromatic N) is 3. The average Bonchev–Trinajstić information content (AvgIpc) is 2.39. The van der Waals surface area contributed by atoms with Crippen LogP contribution < -0.4 is 5.32 Å². The van der Waals surface area contributed by atoms with Gasteiger partial charge in [0.15, 0.2) is 0 Å². The van der Waals surface area contributed by atoms with Gasteiger partial charge in [0, 0.05) is 30.1 Å². The van der Waals surface area contributed by atoms with Gasteiger partial charge in [0.25, 0.3) is 5.69 Å². The molecule has 0 bridgehead atoms. The second-order valence-corrected chi connectivity index (χ2v) is 3.98. The molecule has 2 aromatic rings. The molecule has 0 radical (unpaired) electrons. The van der Waals surface area contributed by atoms with Crippen molar-refractivity contribution in [2.45, 2.75) is 0 Å². The lowest BCUT2D eigenvalue weighted by Gasteiger charge is -2.07. The van der Waals surface area contributed by atoms with Crippen molar-refractivity contribution in [3.05, 3.63) is 57.4 Å². The molecule has 0 aliphatic rings. The maximum absolute atomic E-state index is 10.5. The van der Waals surface area contributed by atoms with E-state index in [9.17, 15) is 10.1 Å². The number of nitro benzene ring substituents is 1. The van der Waals surface area contributed by atoms with Crippen molar-refractivity contribution in [3.63, 3.8) is 0 Å². The highest BCUT2D eigenvalue weighted by Gasteiger charge is 2.07. The third-order valence-corrected chi connectivity index (χ3v) is 2.55. The van der Waals surface area contributed by atoms with Crippen LogP contribution in [0.2, 0.25) is 5.15 Å². The maximum Gasteiger partial charge on any atom is 0.269 e. The quantitative estimate of drug-likeness (QED) is 0.527. The number of nitrogens with one attached hydrogen (secondary N) is 1. The van der Waals surface area contributed by atoms with Crippen molar-refractivity contribution in [2.75, 3.05) is 5.32 Å². The Morgan fingerprint density at radius 2 is 2.05 bits per heavy atom. The summed E-state index contributed by atoms with van der Waals surface area (Å²) in [5, 5.41) is 22.7. The number of nitriles is 1. The predicted octanol–water partition coefficient (Wildman–Crippen LogP) is 3.26.